The molecule has 0 spiro atoms. The minimum absolute atomic E-state index is 0. The number of nitrogens with two attached hydrogens (primary N) is 1. The van der Waals surface area contributed by atoms with Gasteiger partial charge in [-0.05, 0) is 12.8 Å². The van der Waals surface area contributed by atoms with Crippen LogP contribution in [0.2, 0.25) is 0 Å². The van der Waals surface area contributed by atoms with Gasteiger partial charge in [-0.1, -0.05) is 0 Å². The number of nitrogens with one attached hydrogen (secondary N) is 1. The van der Waals surface area contributed by atoms with E-state index in [0.29, 0.717) is 13.0 Å². The molecule has 0 aromatic carbocycles. The van der Waals surface area contributed by atoms with Gasteiger partial charge in [-0.3, -0.25) is 15.0 Å². The zero-order valence-electron chi connectivity index (χ0n) is 7.45. The number of amides is 2. The second kappa shape index (κ2) is 5.04. The molecule has 0 aromatic rings. The quantitative estimate of drug-likeness (QED) is 0.343. The van der Waals surface area contributed by atoms with Gasteiger partial charge in [0, 0.05) is 13.5 Å². The standard InChI is InChI=1S/C7H13N3O2.ClH/c1-5(11)10-4-2-3-6(10)7(12)9-8;/h6H,2-4,8H2,1H3,(H,9,12);1H. The van der Waals surface area contributed by atoms with Gasteiger partial charge in [0.1, 0.15) is 6.04 Å². The average Bonchev–Trinajstić information content (AvgIpc) is 2.50. The molecule has 2 amide bonds. The number of carbonyl (C=O) groups is 2. The number of hydrogen-bond acceptors (Lipinski definition) is 3. The summed E-state index contributed by atoms with van der Waals surface area (Å²) in [7, 11) is 0. The van der Waals surface area contributed by atoms with Crippen molar-refractivity contribution in [2.75, 3.05) is 6.54 Å². The summed E-state index contributed by atoms with van der Waals surface area (Å²) >= 11 is 0. The van der Waals surface area contributed by atoms with Crippen molar-refractivity contribution >= 4 is 24.2 Å². The van der Waals surface area contributed by atoms with Gasteiger partial charge < -0.3 is 4.90 Å². The maximum atomic E-state index is 11.1. The molecule has 13 heavy (non-hydrogen) atoms. The fourth-order valence-electron chi connectivity index (χ4n) is 1.51. The first kappa shape index (κ1) is 12.2. The van der Waals surface area contributed by atoms with Gasteiger partial charge in [0.2, 0.25) is 5.91 Å². The lowest BCUT2D eigenvalue weighted by atomic mass is 10.2. The average molecular weight is 208 g/mol. The van der Waals surface area contributed by atoms with Crippen molar-refractivity contribution in [1.29, 1.82) is 0 Å². The number of hydrazine groups is 1. The van der Waals surface area contributed by atoms with Gasteiger partial charge in [-0.2, -0.15) is 0 Å². The van der Waals surface area contributed by atoms with Gasteiger partial charge in [-0.25, -0.2) is 5.84 Å². The molecule has 3 N–H and O–H groups in total. The van der Waals surface area contributed by atoms with Gasteiger partial charge in [0.15, 0.2) is 0 Å². The van der Waals surface area contributed by atoms with E-state index in [4.69, 9.17) is 5.84 Å². The molecule has 0 saturated carbocycles. The molecule has 0 radical (unpaired) electrons. The van der Waals surface area contributed by atoms with Gasteiger partial charge in [-0.15, -0.1) is 12.4 Å². The van der Waals surface area contributed by atoms with Crippen LogP contribution in [0.15, 0.2) is 0 Å². The summed E-state index contributed by atoms with van der Waals surface area (Å²) in [5, 5.41) is 0. The topological polar surface area (TPSA) is 75.4 Å². The van der Waals surface area contributed by atoms with Crippen molar-refractivity contribution < 1.29 is 9.59 Å². The lowest BCUT2D eigenvalue weighted by Crippen LogP contribution is -2.47. The van der Waals surface area contributed by atoms with Gasteiger partial charge in [0.05, 0.1) is 0 Å². The van der Waals surface area contributed by atoms with E-state index in [1.54, 1.807) is 4.90 Å². The molecule has 1 fully saturated rings. The second-order valence-corrected chi connectivity index (χ2v) is 2.88. The van der Waals surface area contributed by atoms with Crippen molar-refractivity contribution in [1.82, 2.24) is 10.3 Å². The van der Waals surface area contributed by atoms with Crippen LogP contribution in [0.1, 0.15) is 19.8 Å². The number of hydrogen-bond donors (Lipinski definition) is 2. The van der Waals surface area contributed by atoms with Crippen LogP contribution in [0.25, 0.3) is 0 Å². The Morgan fingerprint density at radius 2 is 2.15 bits per heavy atom. The Morgan fingerprint density at radius 1 is 1.54 bits per heavy atom. The highest BCUT2D eigenvalue weighted by atomic mass is 35.5. The Bertz CT molecular complexity index is 210. The van der Waals surface area contributed by atoms with Crippen molar-refractivity contribution in [2.45, 2.75) is 25.8 Å². The Kier molecular flexibility index (Phi) is 4.72. The third-order valence-electron chi connectivity index (χ3n) is 2.10. The molecule has 6 heteroatoms. The Hall–Kier alpha value is -0.810. The summed E-state index contributed by atoms with van der Waals surface area (Å²) in [6.07, 6.45) is 1.58. The minimum atomic E-state index is -0.354. The van der Waals surface area contributed by atoms with E-state index in [1.165, 1.54) is 6.92 Å². The lowest BCUT2D eigenvalue weighted by Gasteiger charge is -2.21. The predicted molar refractivity (Wildman–Crippen MR) is 50.0 cm³/mol. The van der Waals surface area contributed by atoms with E-state index < -0.39 is 0 Å². The zero-order valence-corrected chi connectivity index (χ0v) is 8.26. The predicted octanol–water partition coefficient (Wildman–Crippen LogP) is -0.591. The fraction of sp³-hybridized carbons (Fsp3) is 0.714. The highest BCUT2D eigenvalue weighted by Crippen LogP contribution is 2.16. The molecule has 1 saturated heterocycles. The monoisotopic (exact) mass is 207 g/mol. The molecule has 0 aromatic heterocycles. The van der Waals surface area contributed by atoms with Crippen LogP contribution in [-0.2, 0) is 9.59 Å². The van der Waals surface area contributed by atoms with E-state index in [0.717, 1.165) is 6.42 Å². The van der Waals surface area contributed by atoms with Crippen LogP contribution in [0.5, 0.6) is 0 Å². The van der Waals surface area contributed by atoms with Crippen LogP contribution in [0, 0.1) is 0 Å². The largest absolute Gasteiger partial charge is 0.331 e. The maximum Gasteiger partial charge on any atom is 0.256 e. The number of rotatable bonds is 1. The van der Waals surface area contributed by atoms with Crippen LogP contribution >= 0.6 is 12.4 Å². The van der Waals surface area contributed by atoms with Crippen LogP contribution < -0.4 is 11.3 Å². The molecule has 1 unspecified atom stereocenters. The molecule has 0 aliphatic carbocycles. The Morgan fingerprint density at radius 3 is 2.62 bits per heavy atom. The van der Waals surface area contributed by atoms with E-state index in [2.05, 4.69) is 5.43 Å². The van der Waals surface area contributed by atoms with E-state index in [9.17, 15) is 9.59 Å². The summed E-state index contributed by atoms with van der Waals surface area (Å²) in [6.45, 7) is 2.12. The van der Waals surface area contributed by atoms with Crippen LogP contribution in [0.3, 0.4) is 0 Å². The number of halogens is 1. The Balaban J connectivity index is 0.00000144. The van der Waals surface area contributed by atoms with Crippen molar-refractivity contribution in [3.63, 3.8) is 0 Å². The first-order valence-corrected chi connectivity index (χ1v) is 3.94. The second-order valence-electron chi connectivity index (χ2n) is 2.88. The minimum Gasteiger partial charge on any atom is -0.331 e. The normalized spacial score (nSPS) is 20.8. The maximum absolute atomic E-state index is 11.1. The molecule has 1 rings (SSSR count). The molecule has 1 heterocycles. The fourth-order valence-corrected chi connectivity index (χ4v) is 1.51. The summed E-state index contributed by atoms with van der Waals surface area (Å²) in [4.78, 5) is 23.6. The lowest BCUT2D eigenvalue weighted by molar-refractivity contribution is -0.136. The molecular weight excluding hydrogens is 194 g/mol. The highest BCUT2D eigenvalue weighted by molar-refractivity contribution is 5.87. The molecular formula is C7H14ClN3O2. The Labute approximate surface area is 83.0 Å². The van der Waals surface area contributed by atoms with Crippen molar-refractivity contribution in [3.8, 4) is 0 Å². The summed E-state index contributed by atoms with van der Waals surface area (Å²) in [6, 6.07) is -0.354. The molecule has 0 bridgehead atoms. The SMILES string of the molecule is CC(=O)N1CCCC1C(=O)NN.Cl. The van der Waals surface area contributed by atoms with Gasteiger partial charge in [0.25, 0.3) is 5.91 Å². The van der Waals surface area contributed by atoms with E-state index in [-0.39, 0.29) is 30.3 Å². The summed E-state index contributed by atoms with van der Waals surface area (Å²) in [5.74, 6) is 4.63. The summed E-state index contributed by atoms with van der Waals surface area (Å²) in [5.41, 5.74) is 2.06. The van der Waals surface area contributed by atoms with Crippen molar-refractivity contribution in [2.24, 2.45) is 5.84 Å². The van der Waals surface area contributed by atoms with E-state index >= 15 is 0 Å². The third kappa shape index (κ3) is 2.57. The van der Waals surface area contributed by atoms with Gasteiger partial charge >= 0.3 is 0 Å². The molecule has 1 aliphatic heterocycles. The molecule has 1 aliphatic rings. The van der Waals surface area contributed by atoms with Crippen LogP contribution in [0.4, 0.5) is 0 Å². The van der Waals surface area contributed by atoms with E-state index in [1.807, 2.05) is 0 Å². The van der Waals surface area contributed by atoms with Crippen LogP contribution in [-0.4, -0.2) is 29.3 Å². The zero-order chi connectivity index (χ0) is 9.14. The number of likely N-dealkylation sites (tertiary alicyclic amines) is 1. The smallest absolute Gasteiger partial charge is 0.256 e. The third-order valence-corrected chi connectivity index (χ3v) is 2.10. The molecule has 5 nitrogen and oxygen atoms in total. The van der Waals surface area contributed by atoms with Crippen molar-refractivity contribution in [3.05, 3.63) is 0 Å². The first-order valence-electron chi connectivity index (χ1n) is 3.94. The molecule has 1 atom stereocenters. The first-order chi connectivity index (χ1) is 5.66. The molecule has 76 valence electrons. The number of carbonyl (C=O) groups excluding carboxylic acids is 2. The number of nitrogens with zero attached hydrogens (tertiary/aromatic N) is 1. The highest BCUT2D eigenvalue weighted by Gasteiger charge is 2.31. The summed E-state index contributed by atoms with van der Waals surface area (Å²) < 4.78 is 0.